The van der Waals surface area contributed by atoms with E-state index in [1.807, 2.05) is 35.4 Å². The van der Waals surface area contributed by atoms with Gasteiger partial charge in [-0.1, -0.05) is 43.4 Å². The topological polar surface area (TPSA) is 140 Å². The number of nitrogens with one attached hydrogen (secondary N) is 2. The van der Waals surface area contributed by atoms with Gasteiger partial charge in [0.1, 0.15) is 22.8 Å². The van der Waals surface area contributed by atoms with Crippen molar-refractivity contribution in [1.82, 2.24) is 30.0 Å². The molecular weight excluding hydrogens is 744 g/mol. The van der Waals surface area contributed by atoms with Crippen LogP contribution in [-0.4, -0.2) is 119 Å². The first-order valence-corrected chi connectivity index (χ1v) is 21.0. The Balaban J connectivity index is 0.876. The number of hydrogen-bond acceptors (Lipinski definition) is 11. The number of phenolic OH excluding ortho intramolecular Hbond substituents is 1. The van der Waals surface area contributed by atoms with Gasteiger partial charge in [-0.3, -0.25) is 19.3 Å². The smallest absolute Gasteiger partial charge is 0.305 e. The summed E-state index contributed by atoms with van der Waals surface area (Å²) in [5.74, 6) is 0.0963. The number of likely N-dealkylation sites (N-methyl/N-ethyl adjacent to an activating group) is 1. The molecule has 55 heavy (non-hydrogen) atoms. The number of halogens is 1. The Hall–Kier alpha value is -3.73. The van der Waals surface area contributed by atoms with Crippen molar-refractivity contribution in [3.05, 3.63) is 78.6 Å². The molecule has 2 aliphatic rings. The number of benzene rings is 2. The zero-order valence-corrected chi connectivity index (χ0v) is 33.7. The van der Waals surface area contributed by atoms with Gasteiger partial charge in [-0.2, -0.15) is 0 Å². The van der Waals surface area contributed by atoms with Gasteiger partial charge in [0.05, 0.1) is 48.1 Å². The van der Waals surface area contributed by atoms with Crippen molar-refractivity contribution in [2.24, 2.45) is 0 Å². The fraction of sp³-hybridized carbons (Fsp3) is 0.550. The molecule has 0 saturated carbocycles. The lowest BCUT2D eigenvalue weighted by Gasteiger charge is -2.47. The van der Waals surface area contributed by atoms with Crippen LogP contribution in [0.2, 0.25) is 0 Å². The number of thiazole rings is 2. The van der Waals surface area contributed by atoms with Crippen molar-refractivity contribution in [2.75, 3.05) is 72.2 Å². The molecule has 12 nitrogen and oxygen atoms in total. The molecule has 2 amide bonds. The van der Waals surface area contributed by atoms with Crippen molar-refractivity contribution in [3.63, 3.8) is 0 Å². The summed E-state index contributed by atoms with van der Waals surface area (Å²) < 4.78 is 27.7. The molecule has 4 aromatic rings. The summed E-state index contributed by atoms with van der Waals surface area (Å²) in [7, 11) is 0. The van der Waals surface area contributed by atoms with Gasteiger partial charge in [-0.05, 0) is 68.0 Å². The van der Waals surface area contributed by atoms with E-state index in [0.29, 0.717) is 94.6 Å². The second-order valence-corrected chi connectivity index (χ2v) is 16.6. The molecule has 0 bridgehead atoms. The van der Waals surface area contributed by atoms with Crippen LogP contribution in [0.4, 0.5) is 4.39 Å². The number of aromatic amines is 1. The van der Waals surface area contributed by atoms with Crippen molar-refractivity contribution in [3.8, 4) is 5.75 Å². The Morgan fingerprint density at radius 2 is 1.95 bits per heavy atom. The van der Waals surface area contributed by atoms with Crippen LogP contribution in [-0.2, 0) is 33.7 Å². The molecule has 0 unspecified atom stereocenters. The largest absolute Gasteiger partial charge is 0.506 e. The van der Waals surface area contributed by atoms with Gasteiger partial charge < -0.3 is 34.7 Å². The minimum atomic E-state index is -0.351. The van der Waals surface area contributed by atoms with E-state index in [1.165, 1.54) is 17.4 Å². The number of aromatic hydroxyl groups is 1. The van der Waals surface area contributed by atoms with Crippen LogP contribution in [0.1, 0.15) is 78.1 Å². The highest BCUT2D eigenvalue weighted by atomic mass is 32.1. The van der Waals surface area contributed by atoms with Crippen LogP contribution in [0.25, 0.3) is 10.2 Å². The lowest BCUT2D eigenvalue weighted by molar-refractivity contribution is -0.132. The minimum absolute atomic E-state index is 0.00997. The molecule has 0 radical (unpaired) electrons. The number of carbonyl (C=O) groups excluding carboxylic acids is 2. The molecule has 2 saturated heterocycles. The summed E-state index contributed by atoms with van der Waals surface area (Å²) in [4.78, 5) is 51.0. The van der Waals surface area contributed by atoms with Crippen LogP contribution < -0.4 is 10.2 Å². The first-order chi connectivity index (χ1) is 26.5. The third kappa shape index (κ3) is 10.6. The van der Waals surface area contributed by atoms with E-state index < -0.39 is 0 Å². The highest BCUT2D eigenvalue weighted by Crippen LogP contribution is 2.32. The molecule has 0 aliphatic carbocycles. The summed E-state index contributed by atoms with van der Waals surface area (Å²) in [5, 5.41) is 16.2. The lowest BCUT2D eigenvalue weighted by atomic mass is 9.89. The second kappa shape index (κ2) is 18.9. The predicted molar refractivity (Wildman–Crippen MR) is 214 cm³/mol. The van der Waals surface area contributed by atoms with Crippen LogP contribution in [0.5, 0.6) is 5.75 Å². The maximum atomic E-state index is 14.8. The summed E-state index contributed by atoms with van der Waals surface area (Å²) in [6.07, 6.45) is 3.00. The predicted octanol–water partition coefficient (Wildman–Crippen LogP) is 5.15. The number of aromatic nitrogens is 2. The number of ether oxygens (including phenoxy) is 2. The van der Waals surface area contributed by atoms with Crippen molar-refractivity contribution < 1.29 is 28.6 Å². The number of hydrogen-bond donors (Lipinski definition) is 3. The Morgan fingerprint density at radius 1 is 1.13 bits per heavy atom. The van der Waals surface area contributed by atoms with Gasteiger partial charge in [0.15, 0.2) is 0 Å². The van der Waals surface area contributed by atoms with Gasteiger partial charge in [0, 0.05) is 57.1 Å². The standard InChI is InChI=1S/C40H53FN6O6S2/c1-4-46(18-15-42-14-9-29-6-8-33(48)35-36(29)55-39(51)44-35)34(49)11-21-52-20-10-30-23-28(5-7-31(30)41)24-45-16-12-40(13-17-45)26-47(19-22-53-40)38(50)32-25-54-37(43-32)27(2)3/h5-8,23,25,27,42,48H,4,9-22,24,26H2,1-3H3,(H,44,51). The number of fused-ring (bicyclic) bond motifs is 1. The van der Waals surface area contributed by atoms with E-state index in [1.54, 1.807) is 11.0 Å². The van der Waals surface area contributed by atoms with Crippen LogP contribution in [0.3, 0.4) is 0 Å². The average Bonchev–Trinajstić information content (AvgIpc) is 3.84. The first-order valence-electron chi connectivity index (χ1n) is 19.3. The zero-order valence-electron chi connectivity index (χ0n) is 32.0. The molecular formula is C40H53FN6O6S2. The van der Waals surface area contributed by atoms with E-state index >= 15 is 0 Å². The number of piperidine rings is 1. The molecule has 2 aliphatic heterocycles. The van der Waals surface area contributed by atoms with Crippen molar-refractivity contribution in [1.29, 1.82) is 0 Å². The molecule has 298 valence electrons. The van der Waals surface area contributed by atoms with E-state index in [0.717, 1.165) is 58.1 Å². The summed E-state index contributed by atoms with van der Waals surface area (Å²) in [6.45, 7) is 13.2. The van der Waals surface area contributed by atoms with E-state index in [2.05, 4.69) is 34.0 Å². The fourth-order valence-electron chi connectivity index (χ4n) is 7.32. The number of nitrogens with zero attached hydrogens (tertiary/aromatic N) is 4. The third-order valence-electron chi connectivity index (χ3n) is 10.5. The van der Waals surface area contributed by atoms with Gasteiger partial charge in [0.2, 0.25) is 5.91 Å². The molecule has 2 fully saturated rings. The number of rotatable bonds is 17. The quantitative estimate of drug-likeness (QED) is 0.124. The average molecular weight is 797 g/mol. The molecule has 2 aromatic carbocycles. The number of phenols is 1. The molecule has 4 heterocycles. The maximum Gasteiger partial charge on any atom is 0.305 e. The lowest BCUT2D eigenvalue weighted by Crippen LogP contribution is -2.58. The Labute approximate surface area is 329 Å². The fourth-order valence-corrected chi connectivity index (χ4v) is 9.03. The Kier molecular flexibility index (Phi) is 14.1. The van der Waals surface area contributed by atoms with Crippen molar-refractivity contribution in [2.45, 2.75) is 70.9 Å². The van der Waals surface area contributed by atoms with Crippen LogP contribution >= 0.6 is 22.7 Å². The number of amides is 2. The van der Waals surface area contributed by atoms with E-state index in [-0.39, 0.29) is 46.9 Å². The number of H-pyrrole nitrogens is 1. The summed E-state index contributed by atoms with van der Waals surface area (Å²) in [6, 6.07) is 8.71. The molecule has 2 aromatic heterocycles. The highest BCUT2D eigenvalue weighted by Gasteiger charge is 2.41. The summed E-state index contributed by atoms with van der Waals surface area (Å²) in [5.41, 5.74) is 3.28. The SMILES string of the molecule is CCN(CCNCCc1ccc(O)c2[nH]c(=O)sc12)C(=O)CCOCCc1cc(CN2CCC3(CC2)CN(C(=O)c2csc(C(C)C)n2)CCO3)ccc1F. The van der Waals surface area contributed by atoms with Gasteiger partial charge in [-0.15, -0.1) is 11.3 Å². The van der Waals surface area contributed by atoms with Crippen molar-refractivity contribution >= 4 is 44.7 Å². The maximum absolute atomic E-state index is 14.8. The number of carbonyl (C=O) groups is 2. The number of morpholine rings is 1. The third-order valence-corrected chi connectivity index (χ3v) is 12.6. The van der Waals surface area contributed by atoms with Crippen LogP contribution in [0, 0.1) is 5.82 Å². The minimum Gasteiger partial charge on any atom is -0.506 e. The first kappa shape index (κ1) is 40.9. The van der Waals surface area contributed by atoms with Crippen LogP contribution in [0.15, 0.2) is 40.5 Å². The Morgan fingerprint density at radius 3 is 2.71 bits per heavy atom. The van der Waals surface area contributed by atoms with E-state index in [9.17, 15) is 23.9 Å². The molecule has 0 atom stereocenters. The molecule has 1 spiro atoms. The van der Waals surface area contributed by atoms with Gasteiger partial charge >= 0.3 is 4.87 Å². The summed E-state index contributed by atoms with van der Waals surface area (Å²) >= 11 is 2.63. The molecule has 15 heteroatoms. The molecule has 6 rings (SSSR count). The van der Waals surface area contributed by atoms with E-state index in [4.69, 9.17) is 9.47 Å². The Bertz CT molecular complexity index is 1970. The van der Waals surface area contributed by atoms with Gasteiger partial charge in [0.25, 0.3) is 5.91 Å². The zero-order chi connectivity index (χ0) is 39.0. The number of likely N-dealkylation sites (tertiary alicyclic amines) is 1. The van der Waals surface area contributed by atoms with Gasteiger partial charge in [-0.25, -0.2) is 9.37 Å². The second-order valence-electron chi connectivity index (χ2n) is 14.7. The highest BCUT2D eigenvalue weighted by molar-refractivity contribution is 7.16. The molecule has 3 N–H and O–H groups in total. The monoisotopic (exact) mass is 796 g/mol. The normalized spacial score (nSPS) is 16.1.